The molecular weight excluding hydrogens is 382 g/mol. The summed E-state index contributed by atoms with van der Waals surface area (Å²) >= 11 is 0. The van der Waals surface area contributed by atoms with Crippen molar-refractivity contribution in [2.24, 2.45) is 0 Å². The number of hydrogen-bond acceptors (Lipinski definition) is 6. The fraction of sp³-hybridized carbons (Fsp3) is 0.524. The summed E-state index contributed by atoms with van der Waals surface area (Å²) in [6.45, 7) is 6.98. The Morgan fingerprint density at radius 1 is 1.30 bits per heavy atom. The van der Waals surface area contributed by atoms with E-state index in [1.54, 1.807) is 6.20 Å². The average Bonchev–Trinajstić information content (AvgIpc) is 3.15. The predicted molar refractivity (Wildman–Crippen MR) is 112 cm³/mol. The van der Waals surface area contributed by atoms with Gasteiger partial charge in [0, 0.05) is 30.8 Å². The Kier molecular flexibility index (Phi) is 3.74. The molecule has 1 N–H and O–H groups in total. The summed E-state index contributed by atoms with van der Waals surface area (Å²) in [6.07, 6.45) is 4.27. The van der Waals surface area contributed by atoms with Crippen LogP contribution in [0.25, 0.3) is 22.4 Å². The molecule has 5 heterocycles. The Bertz CT molecular complexity index is 1130. The normalized spacial score (nSPS) is 23.1. The standard InChI is InChI=1S/C21H25N7O2/c1-13-12-30-10-9-26(13)16-11-15-20-19(23-16)18(14-3-7-22-24-14)25-27(20)8-4-17(29)28(15)21(2)5-6-21/h3,7,11,13H,4-6,8-10,12H2,1-2H3,(H,22,24)/t13-/m1/s1. The van der Waals surface area contributed by atoms with E-state index in [0.717, 1.165) is 53.3 Å². The molecule has 9 heteroatoms. The minimum Gasteiger partial charge on any atom is -0.377 e. The molecule has 1 aliphatic carbocycles. The molecule has 3 aliphatic rings. The Morgan fingerprint density at radius 2 is 2.17 bits per heavy atom. The van der Waals surface area contributed by atoms with Crippen molar-refractivity contribution in [3.8, 4) is 11.4 Å². The Morgan fingerprint density at radius 3 is 2.90 bits per heavy atom. The van der Waals surface area contributed by atoms with Crippen LogP contribution in [0, 0.1) is 0 Å². The van der Waals surface area contributed by atoms with Crippen LogP contribution in [0.1, 0.15) is 33.1 Å². The summed E-state index contributed by atoms with van der Waals surface area (Å²) in [5, 5.41) is 12.1. The first-order valence-electron chi connectivity index (χ1n) is 10.6. The summed E-state index contributed by atoms with van der Waals surface area (Å²) < 4.78 is 7.58. The highest BCUT2D eigenvalue weighted by Gasteiger charge is 2.48. The van der Waals surface area contributed by atoms with Crippen LogP contribution in [-0.2, 0) is 16.1 Å². The van der Waals surface area contributed by atoms with Gasteiger partial charge in [0.1, 0.15) is 28.2 Å². The number of nitrogens with zero attached hydrogens (tertiary/aromatic N) is 6. The smallest absolute Gasteiger partial charge is 0.229 e. The molecule has 6 rings (SSSR count). The van der Waals surface area contributed by atoms with Gasteiger partial charge >= 0.3 is 0 Å². The van der Waals surface area contributed by atoms with Crippen LogP contribution >= 0.6 is 0 Å². The molecule has 0 spiro atoms. The molecule has 0 unspecified atom stereocenters. The number of amides is 1. The van der Waals surface area contributed by atoms with Crippen molar-refractivity contribution in [1.82, 2.24) is 25.0 Å². The number of hydrogen-bond donors (Lipinski definition) is 1. The molecule has 156 valence electrons. The zero-order chi connectivity index (χ0) is 20.5. The van der Waals surface area contributed by atoms with Gasteiger partial charge in [-0.1, -0.05) is 0 Å². The molecule has 1 atom stereocenters. The van der Waals surface area contributed by atoms with Gasteiger partial charge in [0.2, 0.25) is 5.91 Å². The van der Waals surface area contributed by atoms with Crippen LogP contribution in [0.2, 0.25) is 0 Å². The van der Waals surface area contributed by atoms with Crippen LogP contribution in [0.3, 0.4) is 0 Å². The Balaban J connectivity index is 1.63. The molecule has 2 aliphatic heterocycles. The van der Waals surface area contributed by atoms with Gasteiger partial charge in [-0.05, 0) is 32.8 Å². The van der Waals surface area contributed by atoms with Crippen molar-refractivity contribution in [3.63, 3.8) is 0 Å². The number of pyridine rings is 1. The van der Waals surface area contributed by atoms with E-state index in [1.165, 1.54) is 0 Å². The lowest BCUT2D eigenvalue weighted by Crippen LogP contribution is -2.44. The molecule has 2 fully saturated rings. The average molecular weight is 407 g/mol. The van der Waals surface area contributed by atoms with Gasteiger partial charge in [0.25, 0.3) is 0 Å². The minimum atomic E-state index is -0.120. The zero-order valence-corrected chi connectivity index (χ0v) is 17.3. The second-order valence-corrected chi connectivity index (χ2v) is 8.82. The molecule has 1 saturated carbocycles. The van der Waals surface area contributed by atoms with E-state index in [0.29, 0.717) is 26.2 Å². The molecule has 1 saturated heterocycles. The number of H-pyrrole nitrogens is 1. The monoisotopic (exact) mass is 407 g/mol. The Labute approximate surface area is 174 Å². The number of anilines is 2. The van der Waals surface area contributed by atoms with Gasteiger partial charge in [0.15, 0.2) is 0 Å². The highest BCUT2D eigenvalue weighted by molar-refractivity contribution is 6.07. The summed E-state index contributed by atoms with van der Waals surface area (Å²) in [6, 6.07) is 4.21. The first kappa shape index (κ1) is 17.9. The SMILES string of the molecule is C[C@@H]1COCCN1c1cc2c3c(n1)c(-c1cc[nH]n1)nn3CCC(=O)N2C1(C)CC1. The number of morpholine rings is 1. The van der Waals surface area contributed by atoms with Gasteiger partial charge in [-0.25, -0.2) is 4.98 Å². The molecule has 0 bridgehead atoms. The molecule has 3 aromatic rings. The lowest BCUT2D eigenvalue weighted by atomic mass is 10.1. The van der Waals surface area contributed by atoms with E-state index >= 15 is 0 Å². The van der Waals surface area contributed by atoms with Crippen LogP contribution in [0.4, 0.5) is 11.5 Å². The number of ether oxygens (including phenoxy) is 1. The molecule has 1 amide bonds. The van der Waals surface area contributed by atoms with Crippen molar-refractivity contribution >= 4 is 28.4 Å². The molecular formula is C21H25N7O2. The number of carbonyl (C=O) groups is 1. The van der Waals surface area contributed by atoms with Crippen molar-refractivity contribution < 1.29 is 9.53 Å². The first-order valence-corrected chi connectivity index (χ1v) is 10.6. The largest absolute Gasteiger partial charge is 0.377 e. The number of aromatic nitrogens is 5. The van der Waals surface area contributed by atoms with Gasteiger partial charge < -0.3 is 14.5 Å². The van der Waals surface area contributed by atoms with Crippen LogP contribution in [0.5, 0.6) is 0 Å². The maximum Gasteiger partial charge on any atom is 0.229 e. The molecule has 9 nitrogen and oxygen atoms in total. The highest BCUT2D eigenvalue weighted by Crippen LogP contribution is 2.48. The summed E-state index contributed by atoms with van der Waals surface area (Å²) in [4.78, 5) is 22.5. The highest BCUT2D eigenvalue weighted by atomic mass is 16.5. The second-order valence-electron chi connectivity index (χ2n) is 8.82. The maximum absolute atomic E-state index is 13.2. The quantitative estimate of drug-likeness (QED) is 0.716. The molecule has 3 aromatic heterocycles. The summed E-state index contributed by atoms with van der Waals surface area (Å²) in [5.41, 5.74) is 4.05. The Hall–Kier alpha value is -2.94. The summed E-state index contributed by atoms with van der Waals surface area (Å²) in [7, 11) is 0. The third-order valence-corrected chi connectivity index (χ3v) is 6.61. The van der Waals surface area contributed by atoms with Crippen molar-refractivity contribution in [1.29, 1.82) is 0 Å². The van der Waals surface area contributed by atoms with E-state index in [9.17, 15) is 4.79 Å². The van der Waals surface area contributed by atoms with Crippen LogP contribution < -0.4 is 9.80 Å². The van der Waals surface area contributed by atoms with Gasteiger partial charge in [-0.3, -0.25) is 14.6 Å². The van der Waals surface area contributed by atoms with Crippen molar-refractivity contribution in [2.45, 2.75) is 51.2 Å². The third kappa shape index (κ3) is 2.57. The first-order chi connectivity index (χ1) is 14.5. The number of aryl methyl sites for hydroxylation is 1. The second kappa shape index (κ2) is 6.28. The van der Waals surface area contributed by atoms with Gasteiger partial charge in [-0.2, -0.15) is 10.2 Å². The minimum absolute atomic E-state index is 0.120. The topological polar surface area (TPSA) is 92.2 Å². The van der Waals surface area contributed by atoms with E-state index < -0.39 is 0 Å². The molecule has 0 radical (unpaired) electrons. The molecule has 30 heavy (non-hydrogen) atoms. The van der Waals surface area contributed by atoms with Gasteiger partial charge in [-0.15, -0.1) is 0 Å². The zero-order valence-electron chi connectivity index (χ0n) is 17.3. The number of nitrogens with one attached hydrogen (secondary N) is 1. The van der Waals surface area contributed by atoms with E-state index in [2.05, 4.69) is 35.0 Å². The maximum atomic E-state index is 13.2. The number of aromatic amines is 1. The molecule has 0 aromatic carbocycles. The van der Waals surface area contributed by atoms with E-state index in [4.69, 9.17) is 14.8 Å². The predicted octanol–water partition coefficient (Wildman–Crippen LogP) is 2.34. The number of rotatable bonds is 3. The summed E-state index contributed by atoms with van der Waals surface area (Å²) in [5.74, 6) is 1.03. The lowest BCUT2D eigenvalue weighted by molar-refractivity contribution is -0.119. The van der Waals surface area contributed by atoms with Crippen LogP contribution in [-0.4, -0.2) is 62.2 Å². The fourth-order valence-corrected chi connectivity index (χ4v) is 4.71. The van der Waals surface area contributed by atoms with Gasteiger partial charge in [0.05, 0.1) is 31.5 Å². The lowest BCUT2D eigenvalue weighted by Gasteiger charge is -2.35. The van der Waals surface area contributed by atoms with Crippen molar-refractivity contribution in [3.05, 3.63) is 18.3 Å². The van der Waals surface area contributed by atoms with Crippen LogP contribution in [0.15, 0.2) is 18.3 Å². The van der Waals surface area contributed by atoms with E-state index in [1.807, 2.05) is 15.6 Å². The number of carbonyl (C=O) groups excluding carboxylic acids is 1. The van der Waals surface area contributed by atoms with E-state index in [-0.39, 0.29) is 17.5 Å². The fourth-order valence-electron chi connectivity index (χ4n) is 4.71. The third-order valence-electron chi connectivity index (χ3n) is 6.61. The van der Waals surface area contributed by atoms with Crippen molar-refractivity contribution in [2.75, 3.05) is 29.6 Å².